The number of carbonyl (C=O) groups is 1. The van der Waals surface area contributed by atoms with E-state index in [2.05, 4.69) is 26.1 Å². The van der Waals surface area contributed by atoms with Crippen molar-refractivity contribution in [3.05, 3.63) is 33.9 Å². The highest BCUT2D eigenvalue weighted by Crippen LogP contribution is 2.28. The van der Waals surface area contributed by atoms with Crippen LogP contribution in [0.1, 0.15) is 37.6 Å². The predicted octanol–water partition coefficient (Wildman–Crippen LogP) is 2.54. The largest absolute Gasteiger partial charge is 0.379 e. The molecule has 0 bridgehead atoms. The van der Waals surface area contributed by atoms with E-state index in [-0.39, 0.29) is 16.7 Å². The number of rotatable bonds is 6. The fraction of sp³-hybridized carbons (Fsp3) is 0.462. The lowest BCUT2D eigenvalue weighted by molar-refractivity contribution is -0.384. The van der Waals surface area contributed by atoms with Crippen molar-refractivity contribution in [3.8, 4) is 0 Å². The summed E-state index contributed by atoms with van der Waals surface area (Å²) in [6.07, 6.45) is 0.952. The molecule has 0 radical (unpaired) electrons. The molecular formula is C13H19N3O3. The molecule has 6 heteroatoms. The van der Waals surface area contributed by atoms with E-state index in [0.29, 0.717) is 12.2 Å². The van der Waals surface area contributed by atoms with E-state index < -0.39 is 10.8 Å². The first-order valence-corrected chi connectivity index (χ1v) is 6.09. The van der Waals surface area contributed by atoms with E-state index in [0.717, 1.165) is 6.42 Å². The molecule has 0 aliphatic carbocycles. The highest BCUT2D eigenvalue weighted by atomic mass is 16.6. The Bertz CT molecular complexity index is 498. The Labute approximate surface area is 112 Å². The standard InChI is InChI=1S/C13H19N3O3/c1-4-13(2,3)8-15-10-6-5-9(12(14)17)7-11(10)16(18)19/h5-7,15H,4,8H2,1-3H3,(H2,14,17). The summed E-state index contributed by atoms with van der Waals surface area (Å²) < 4.78 is 0. The molecule has 0 saturated carbocycles. The zero-order valence-electron chi connectivity index (χ0n) is 11.4. The Morgan fingerprint density at radius 1 is 1.47 bits per heavy atom. The van der Waals surface area contributed by atoms with Crippen molar-refractivity contribution in [2.24, 2.45) is 11.1 Å². The lowest BCUT2D eigenvalue weighted by Gasteiger charge is -2.23. The molecule has 3 N–H and O–H groups in total. The highest BCUT2D eigenvalue weighted by Gasteiger charge is 2.20. The van der Waals surface area contributed by atoms with E-state index in [1.807, 2.05) is 0 Å². The van der Waals surface area contributed by atoms with Crippen LogP contribution in [0, 0.1) is 15.5 Å². The van der Waals surface area contributed by atoms with Gasteiger partial charge in [0, 0.05) is 18.2 Å². The third-order valence-corrected chi connectivity index (χ3v) is 3.19. The zero-order chi connectivity index (χ0) is 14.6. The van der Waals surface area contributed by atoms with Gasteiger partial charge in [0.25, 0.3) is 5.69 Å². The van der Waals surface area contributed by atoms with Gasteiger partial charge in [-0.15, -0.1) is 0 Å². The quantitative estimate of drug-likeness (QED) is 0.610. The molecule has 0 heterocycles. The van der Waals surface area contributed by atoms with Gasteiger partial charge in [0.2, 0.25) is 5.91 Å². The van der Waals surface area contributed by atoms with Crippen molar-refractivity contribution in [3.63, 3.8) is 0 Å². The average molecular weight is 265 g/mol. The van der Waals surface area contributed by atoms with Gasteiger partial charge in [0.15, 0.2) is 0 Å². The first-order valence-electron chi connectivity index (χ1n) is 6.09. The number of anilines is 1. The van der Waals surface area contributed by atoms with E-state index in [1.165, 1.54) is 18.2 Å². The number of nitrogens with one attached hydrogen (secondary N) is 1. The maximum absolute atomic E-state index is 11.0. The molecule has 0 saturated heterocycles. The molecule has 1 aromatic rings. The number of hydrogen-bond acceptors (Lipinski definition) is 4. The molecular weight excluding hydrogens is 246 g/mol. The SMILES string of the molecule is CCC(C)(C)CNc1ccc(C(N)=O)cc1[N+](=O)[O-]. The number of amides is 1. The molecule has 1 rings (SSSR count). The van der Waals surface area contributed by atoms with Crippen LogP contribution in [-0.4, -0.2) is 17.4 Å². The predicted molar refractivity (Wildman–Crippen MR) is 74.2 cm³/mol. The molecule has 19 heavy (non-hydrogen) atoms. The zero-order valence-corrected chi connectivity index (χ0v) is 11.4. The maximum atomic E-state index is 11.0. The summed E-state index contributed by atoms with van der Waals surface area (Å²) in [5.74, 6) is -0.677. The Morgan fingerprint density at radius 2 is 2.11 bits per heavy atom. The van der Waals surface area contributed by atoms with Gasteiger partial charge in [-0.05, 0) is 24.0 Å². The minimum atomic E-state index is -0.677. The monoisotopic (exact) mass is 265 g/mol. The van der Waals surface area contributed by atoms with Gasteiger partial charge in [-0.25, -0.2) is 0 Å². The van der Waals surface area contributed by atoms with Crippen molar-refractivity contribution < 1.29 is 9.72 Å². The molecule has 1 amide bonds. The molecule has 0 atom stereocenters. The lowest BCUT2D eigenvalue weighted by Crippen LogP contribution is -2.22. The third-order valence-electron chi connectivity index (χ3n) is 3.19. The summed E-state index contributed by atoms with van der Waals surface area (Å²) in [5, 5.41) is 14.1. The Hall–Kier alpha value is -2.11. The molecule has 0 aliphatic rings. The summed E-state index contributed by atoms with van der Waals surface area (Å²) in [4.78, 5) is 21.5. The number of benzene rings is 1. The van der Waals surface area contributed by atoms with Crippen molar-refractivity contribution in [1.82, 2.24) is 0 Å². The molecule has 0 fully saturated rings. The van der Waals surface area contributed by atoms with Crippen LogP contribution >= 0.6 is 0 Å². The maximum Gasteiger partial charge on any atom is 0.293 e. The molecule has 0 spiro atoms. The number of carbonyl (C=O) groups excluding carboxylic acids is 1. The summed E-state index contributed by atoms with van der Waals surface area (Å²) >= 11 is 0. The summed E-state index contributed by atoms with van der Waals surface area (Å²) in [7, 11) is 0. The van der Waals surface area contributed by atoms with Crippen molar-refractivity contribution in [2.75, 3.05) is 11.9 Å². The summed E-state index contributed by atoms with van der Waals surface area (Å²) in [6, 6.07) is 4.20. The van der Waals surface area contributed by atoms with Gasteiger partial charge in [-0.3, -0.25) is 14.9 Å². The number of nitro benzene ring substituents is 1. The molecule has 0 unspecified atom stereocenters. The minimum Gasteiger partial charge on any atom is -0.379 e. The number of nitro groups is 1. The Balaban J connectivity index is 3.01. The fourth-order valence-corrected chi connectivity index (χ4v) is 1.44. The fourth-order valence-electron chi connectivity index (χ4n) is 1.44. The van der Waals surface area contributed by atoms with Crippen LogP contribution in [0.4, 0.5) is 11.4 Å². The van der Waals surface area contributed by atoms with Gasteiger partial charge in [-0.2, -0.15) is 0 Å². The molecule has 0 aliphatic heterocycles. The number of nitrogens with two attached hydrogens (primary N) is 1. The smallest absolute Gasteiger partial charge is 0.293 e. The molecule has 104 valence electrons. The van der Waals surface area contributed by atoms with Crippen LogP contribution in [0.2, 0.25) is 0 Å². The van der Waals surface area contributed by atoms with Gasteiger partial charge in [-0.1, -0.05) is 20.8 Å². The van der Waals surface area contributed by atoms with Crippen molar-refractivity contribution in [1.29, 1.82) is 0 Å². The average Bonchev–Trinajstić information content (AvgIpc) is 2.36. The second kappa shape index (κ2) is 5.69. The number of nitrogens with zero attached hydrogens (tertiary/aromatic N) is 1. The Morgan fingerprint density at radius 3 is 2.58 bits per heavy atom. The second-order valence-electron chi connectivity index (χ2n) is 5.22. The minimum absolute atomic E-state index is 0.0379. The van der Waals surface area contributed by atoms with Crippen LogP contribution in [-0.2, 0) is 0 Å². The number of hydrogen-bond donors (Lipinski definition) is 2. The summed E-state index contributed by atoms with van der Waals surface area (Å²) in [6.45, 7) is 6.82. The van der Waals surface area contributed by atoms with Crippen LogP contribution in [0.15, 0.2) is 18.2 Å². The third kappa shape index (κ3) is 3.94. The molecule has 0 aromatic heterocycles. The highest BCUT2D eigenvalue weighted by molar-refractivity contribution is 5.94. The van der Waals surface area contributed by atoms with Crippen molar-refractivity contribution >= 4 is 17.3 Å². The topological polar surface area (TPSA) is 98.3 Å². The first-order chi connectivity index (χ1) is 8.76. The van der Waals surface area contributed by atoms with Crippen LogP contribution in [0.5, 0.6) is 0 Å². The van der Waals surface area contributed by atoms with Gasteiger partial charge >= 0.3 is 0 Å². The van der Waals surface area contributed by atoms with Gasteiger partial charge < -0.3 is 11.1 Å². The molecule has 1 aromatic carbocycles. The lowest BCUT2D eigenvalue weighted by atomic mass is 9.90. The van der Waals surface area contributed by atoms with Crippen LogP contribution in [0.25, 0.3) is 0 Å². The number of primary amides is 1. The van der Waals surface area contributed by atoms with E-state index in [1.54, 1.807) is 0 Å². The van der Waals surface area contributed by atoms with Gasteiger partial charge in [0.05, 0.1) is 4.92 Å². The first kappa shape index (κ1) is 14.9. The van der Waals surface area contributed by atoms with Gasteiger partial charge in [0.1, 0.15) is 5.69 Å². The van der Waals surface area contributed by atoms with E-state index >= 15 is 0 Å². The molecule has 6 nitrogen and oxygen atoms in total. The Kier molecular flexibility index (Phi) is 4.47. The van der Waals surface area contributed by atoms with E-state index in [4.69, 9.17) is 5.73 Å². The van der Waals surface area contributed by atoms with Crippen LogP contribution < -0.4 is 11.1 Å². The normalized spacial score (nSPS) is 11.1. The van der Waals surface area contributed by atoms with E-state index in [9.17, 15) is 14.9 Å². The van der Waals surface area contributed by atoms with Crippen molar-refractivity contribution in [2.45, 2.75) is 27.2 Å². The van der Waals surface area contributed by atoms with Crippen LogP contribution in [0.3, 0.4) is 0 Å². The second-order valence-corrected chi connectivity index (χ2v) is 5.22. The summed E-state index contributed by atoms with van der Waals surface area (Å²) in [5.41, 5.74) is 5.55.